The lowest BCUT2D eigenvalue weighted by Crippen LogP contribution is -2.07. The van der Waals surface area contributed by atoms with Gasteiger partial charge < -0.3 is 9.47 Å². The van der Waals surface area contributed by atoms with Gasteiger partial charge in [-0.2, -0.15) is 0 Å². The van der Waals surface area contributed by atoms with Crippen LogP contribution in [-0.2, 0) is 9.47 Å². The Morgan fingerprint density at radius 1 is 1.23 bits per heavy atom. The summed E-state index contributed by atoms with van der Waals surface area (Å²) in [5.74, 6) is 1.36. The lowest BCUT2D eigenvalue weighted by atomic mass is 10.1. The molecule has 0 aromatic rings. The molecule has 0 saturated carbocycles. The molecule has 0 amide bonds. The summed E-state index contributed by atoms with van der Waals surface area (Å²) in [6, 6.07) is 0. The average molecular weight is 209 g/mol. The van der Waals surface area contributed by atoms with Crippen LogP contribution >= 0.6 is 11.6 Å². The molecule has 1 unspecified atom stereocenters. The van der Waals surface area contributed by atoms with Crippen molar-refractivity contribution < 1.29 is 9.47 Å². The van der Waals surface area contributed by atoms with E-state index in [2.05, 4.69) is 6.92 Å². The average Bonchev–Trinajstić information content (AvgIpc) is 2.17. The molecule has 13 heavy (non-hydrogen) atoms. The van der Waals surface area contributed by atoms with Gasteiger partial charge in [-0.15, -0.1) is 11.6 Å². The maximum absolute atomic E-state index is 5.75. The highest BCUT2D eigenvalue weighted by Crippen LogP contribution is 2.09. The maximum Gasteiger partial charge on any atom is 0.0487 e. The number of hydrogen-bond acceptors (Lipinski definition) is 2. The van der Waals surface area contributed by atoms with Crippen molar-refractivity contribution in [3.8, 4) is 0 Å². The molecule has 0 aliphatic heterocycles. The van der Waals surface area contributed by atoms with Crippen molar-refractivity contribution in [1.29, 1.82) is 0 Å². The molecule has 3 heteroatoms. The summed E-state index contributed by atoms with van der Waals surface area (Å²) in [6.07, 6.45) is 3.20. The van der Waals surface area contributed by atoms with Crippen molar-refractivity contribution in [2.24, 2.45) is 5.92 Å². The minimum atomic E-state index is 0.615. The third-order valence-corrected chi connectivity index (χ3v) is 2.54. The second-order valence-electron chi connectivity index (χ2n) is 3.18. The summed E-state index contributed by atoms with van der Waals surface area (Å²) < 4.78 is 10.3. The Morgan fingerprint density at radius 2 is 2.00 bits per heavy atom. The first-order valence-electron chi connectivity index (χ1n) is 4.97. The van der Waals surface area contributed by atoms with E-state index in [9.17, 15) is 0 Å². The van der Waals surface area contributed by atoms with Crippen molar-refractivity contribution in [2.45, 2.75) is 26.2 Å². The van der Waals surface area contributed by atoms with Crippen LogP contribution in [-0.4, -0.2) is 32.8 Å². The van der Waals surface area contributed by atoms with E-state index in [-0.39, 0.29) is 0 Å². The fourth-order valence-corrected chi connectivity index (χ4v) is 1.42. The van der Waals surface area contributed by atoms with Crippen molar-refractivity contribution in [3.05, 3.63) is 0 Å². The van der Waals surface area contributed by atoms with Gasteiger partial charge in [0.15, 0.2) is 0 Å². The Morgan fingerprint density at radius 3 is 2.54 bits per heavy atom. The Balaban J connectivity index is 3.05. The van der Waals surface area contributed by atoms with Crippen LogP contribution in [0.25, 0.3) is 0 Å². The SMILES string of the molecule is CCC(CCl)CCOCCCOC. The van der Waals surface area contributed by atoms with E-state index in [1.165, 1.54) is 0 Å². The Labute approximate surface area is 86.6 Å². The molecular formula is C10H21ClO2. The van der Waals surface area contributed by atoms with Gasteiger partial charge in [-0.05, 0) is 18.8 Å². The Bertz CT molecular complexity index is 94.9. The summed E-state index contributed by atoms with van der Waals surface area (Å²) in [4.78, 5) is 0. The van der Waals surface area contributed by atoms with Crippen LogP contribution in [0.15, 0.2) is 0 Å². The standard InChI is InChI=1S/C10H21ClO2/c1-3-10(9-11)5-8-13-7-4-6-12-2/h10H,3-9H2,1-2H3. The van der Waals surface area contributed by atoms with E-state index in [1.54, 1.807) is 7.11 Å². The van der Waals surface area contributed by atoms with E-state index in [1.807, 2.05) is 0 Å². The van der Waals surface area contributed by atoms with Gasteiger partial charge >= 0.3 is 0 Å². The highest BCUT2D eigenvalue weighted by Gasteiger charge is 2.03. The molecule has 0 saturated heterocycles. The van der Waals surface area contributed by atoms with Crippen LogP contribution < -0.4 is 0 Å². The van der Waals surface area contributed by atoms with Gasteiger partial charge in [-0.1, -0.05) is 13.3 Å². The minimum Gasteiger partial charge on any atom is -0.385 e. The largest absolute Gasteiger partial charge is 0.385 e. The van der Waals surface area contributed by atoms with Gasteiger partial charge in [-0.3, -0.25) is 0 Å². The van der Waals surface area contributed by atoms with Gasteiger partial charge in [0.25, 0.3) is 0 Å². The summed E-state index contributed by atoms with van der Waals surface area (Å²) in [7, 11) is 1.71. The summed E-state index contributed by atoms with van der Waals surface area (Å²) in [5, 5.41) is 0. The highest BCUT2D eigenvalue weighted by molar-refractivity contribution is 6.18. The van der Waals surface area contributed by atoms with Gasteiger partial charge in [-0.25, -0.2) is 0 Å². The fourth-order valence-electron chi connectivity index (χ4n) is 1.05. The first-order valence-corrected chi connectivity index (χ1v) is 5.51. The molecule has 0 aliphatic rings. The molecule has 0 fully saturated rings. The molecule has 0 aliphatic carbocycles. The first-order chi connectivity index (χ1) is 6.35. The molecule has 1 atom stereocenters. The molecule has 0 spiro atoms. The Kier molecular flexibility index (Phi) is 10.5. The molecule has 0 aromatic carbocycles. The van der Waals surface area contributed by atoms with Gasteiger partial charge in [0, 0.05) is 32.8 Å². The van der Waals surface area contributed by atoms with E-state index >= 15 is 0 Å². The number of hydrogen-bond donors (Lipinski definition) is 0. The zero-order valence-electron chi connectivity index (χ0n) is 8.72. The normalized spacial score (nSPS) is 13.2. The van der Waals surface area contributed by atoms with Crippen LogP contribution in [0.5, 0.6) is 0 Å². The third-order valence-electron chi connectivity index (χ3n) is 2.10. The van der Waals surface area contributed by atoms with Gasteiger partial charge in [0.2, 0.25) is 0 Å². The molecule has 80 valence electrons. The number of halogens is 1. The molecular weight excluding hydrogens is 188 g/mol. The maximum atomic E-state index is 5.75. The summed E-state index contributed by atoms with van der Waals surface area (Å²) in [6.45, 7) is 4.58. The van der Waals surface area contributed by atoms with Crippen LogP contribution in [0.2, 0.25) is 0 Å². The van der Waals surface area contributed by atoms with Crippen LogP contribution in [0.1, 0.15) is 26.2 Å². The monoisotopic (exact) mass is 208 g/mol. The minimum absolute atomic E-state index is 0.615. The highest BCUT2D eigenvalue weighted by atomic mass is 35.5. The predicted octanol–water partition coefficient (Wildman–Crippen LogP) is 2.69. The van der Waals surface area contributed by atoms with Crippen LogP contribution in [0.4, 0.5) is 0 Å². The van der Waals surface area contributed by atoms with Crippen LogP contribution in [0, 0.1) is 5.92 Å². The number of methoxy groups -OCH3 is 1. The number of rotatable bonds is 9. The first kappa shape index (κ1) is 13.2. The van der Waals surface area contributed by atoms with E-state index in [4.69, 9.17) is 21.1 Å². The molecule has 0 bridgehead atoms. The van der Waals surface area contributed by atoms with E-state index in [0.717, 1.165) is 45.0 Å². The van der Waals surface area contributed by atoms with Crippen molar-refractivity contribution in [3.63, 3.8) is 0 Å². The summed E-state index contributed by atoms with van der Waals surface area (Å²) in [5.41, 5.74) is 0. The molecule has 2 nitrogen and oxygen atoms in total. The van der Waals surface area contributed by atoms with E-state index < -0.39 is 0 Å². The molecule has 0 N–H and O–H groups in total. The topological polar surface area (TPSA) is 18.5 Å². The quantitative estimate of drug-likeness (QED) is 0.429. The second kappa shape index (κ2) is 10.3. The molecule has 0 radical (unpaired) electrons. The predicted molar refractivity (Wildman–Crippen MR) is 56.4 cm³/mol. The zero-order valence-corrected chi connectivity index (χ0v) is 9.48. The third kappa shape index (κ3) is 8.54. The molecule has 0 heterocycles. The summed E-state index contributed by atoms with van der Waals surface area (Å²) >= 11 is 5.75. The van der Waals surface area contributed by atoms with Crippen molar-refractivity contribution >= 4 is 11.6 Å². The van der Waals surface area contributed by atoms with Crippen molar-refractivity contribution in [2.75, 3.05) is 32.8 Å². The number of alkyl halides is 1. The lowest BCUT2D eigenvalue weighted by Gasteiger charge is -2.10. The van der Waals surface area contributed by atoms with Gasteiger partial charge in [0.05, 0.1) is 0 Å². The fraction of sp³-hybridized carbons (Fsp3) is 1.00. The lowest BCUT2D eigenvalue weighted by molar-refractivity contribution is 0.0949. The van der Waals surface area contributed by atoms with Crippen molar-refractivity contribution in [1.82, 2.24) is 0 Å². The number of ether oxygens (including phenoxy) is 2. The molecule has 0 aromatic heterocycles. The molecule has 0 rings (SSSR count). The van der Waals surface area contributed by atoms with Crippen LogP contribution in [0.3, 0.4) is 0 Å². The Hall–Kier alpha value is 0.210. The second-order valence-corrected chi connectivity index (χ2v) is 3.48. The van der Waals surface area contributed by atoms with Gasteiger partial charge in [0.1, 0.15) is 0 Å². The smallest absolute Gasteiger partial charge is 0.0487 e. The van der Waals surface area contributed by atoms with E-state index in [0.29, 0.717) is 5.92 Å². The zero-order chi connectivity index (χ0) is 9.94.